The minimum absolute atomic E-state index is 0.246. The lowest BCUT2D eigenvalue weighted by Gasteiger charge is -2.27. The number of ether oxygens (including phenoxy) is 1. The van der Waals surface area contributed by atoms with Gasteiger partial charge >= 0.3 is 24.0 Å². The number of hydrogen-bond donors (Lipinski definition) is 0. The number of alkyl halides is 7. The van der Waals surface area contributed by atoms with Gasteiger partial charge in [0.15, 0.2) is 6.61 Å². The summed E-state index contributed by atoms with van der Waals surface area (Å²) in [6, 6.07) is 0. The maximum absolute atomic E-state index is 12.7. The van der Waals surface area contributed by atoms with Gasteiger partial charge in [-0.05, 0) is 5.92 Å². The number of carbonyl (C=O) groups is 1. The van der Waals surface area contributed by atoms with Crippen LogP contribution >= 0.6 is 0 Å². The van der Waals surface area contributed by atoms with Gasteiger partial charge in [0, 0.05) is 6.42 Å². The van der Waals surface area contributed by atoms with Crippen LogP contribution in [-0.2, 0) is 9.53 Å². The lowest BCUT2D eigenvalue weighted by molar-refractivity contribution is -0.359. The molecule has 0 spiro atoms. The number of carbonyl (C=O) groups excluding carboxylic acids is 1. The highest BCUT2D eigenvalue weighted by atomic mass is 19.4. The van der Waals surface area contributed by atoms with Crippen molar-refractivity contribution < 1.29 is 40.3 Å². The standard InChI is InChI=1S/C10H13F7O2/c1-3-6(2)4-7(18)19-5-8(11,12)9(13,14)10(15,16)17/h6H,3-5H2,1-2H3. The van der Waals surface area contributed by atoms with Crippen molar-refractivity contribution in [3.63, 3.8) is 0 Å². The van der Waals surface area contributed by atoms with Crippen LogP contribution in [0.25, 0.3) is 0 Å². The number of hydrogen-bond acceptors (Lipinski definition) is 2. The van der Waals surface area contributed by atoms with E-state index in [0.717, 1.165) is 0 Å². The smallest absolute Gasteiger partial charge is 0.459 e. The largest absolute Gasteiger partial charge is 0.460 e. The average molecular weight is 298 g/mol. The van der Waals surface area contributed by atoms with Gasteiger partial charge in [-0.2, -0.15) is 30.7 Å². The van der Waals surface area contributed by atoms with E-state index in [1.54, 1.807) is 13.8 Å². The molecule has 114 valence electrons. The molecule has 0 saturated heterocycles. The quantitative estimate of drug-likeness (QED) is 0.551. The maximum atomic E-state index is 12.7. The second-order valence-corrected chi connectivity index (χ2v) is 4.15. The fourth-order valence-corrected chi connectivity index (χ4v) is 0.957. The summed E-state index contributed by atoms with van der Waals surface area (Å²) in [5, 5.41) is 0. The first-order valence-corrected chi connectivity index (χ1v) is 5.33. The van der Waals surface area contributed by atoms with Crippen LogP contribution in [0.2, 0.25) is 0 Å². The van der Waals surface area contributed by atoms with E-state index in [1.165, 1.54) is 0 Å². The van der Waals surface area contributed by atoms with Crippen LogP contribution in [-0.4, -0.2) is 30.6 Å². The Morgan fingerprint density at radius 3 is 1.95 bits per heavy atom. The minimum atomic E-state index is -6.42. The summed E-state index contributed by atoms with van der Waals surface area (Å²) in [6.07, 6.45) is -6.24. The van der Waals surface area contributed by atoms with Crippen molar-refractivity contribution in [1.29, 1.82) is 0 Å². The molecule has 0 N–H and O–H groups in total. The van der Waals surface area contributed by atoms with Gasteiger partial charge in [-0.3, -0.25) is 4.79 Å². The molecule has 0 aromatic rings. The van der Waals surface area contributed by atoms with E-state index in [4.69, 9.17) is 0 Å². The first kappa shape index (κ1) is 18.0. The molecule has 9 heteroatoms. The summed E-state index contributed by atoms with van der Waals surface area (Å²) >= 11 is 0. The molecule has 0 saturated carbocycles. The molecule has 1 unspecified atom stereocenters. The summed E-state index contributed by atoms with van der Waals surface area (Å²) in [7, 11) is 0. The van der Waals surface area contributed by atoms with Crippen LogP contribution in [0.15, 0.2) is 0 Å². The zero-order chi connectivity index (χ0) is 15.5. The Morgan fingerprint density at radius 2 is 1.58 bits per heavy atom. The monoisotopic (exact) mass is 298 g/mol. The molecular weight excluding hydrogens is 285 g/mol. The van der Waals surface area contributed by atoms with Crippen LogP contribution in [0.1, 0.15) is 26.7 Å². The van der Waals surface area contributed by atoms with E-state index in [-0.39, 0.29) is 12.3 Å². The molecule has 0 aliphatic heterocycles. The van der Waals surface area contributed by atoms with Crippen molar-refractivity contribution in [2.75, 3.05) is 6.61 Å². The van der Waals surface area contributed by atoms with Crippen molar-refractivity contribution in [2.45, 2.75) is 44.7 Å². The highest BCUT2D eigenvalue weighted by molar-refractivity contribution is 5.69. The normalized spacial score (nSPS) is 15.2. The fraction of sp³-hybridized carbons (Fsp3) is 0.900. The van der Waals surface area contributed by atoms with Gasteiger partial charge in [0.2, 0.25) is 0 Å². The van der Waals surface area contributed by atoms with E-state index in [1.807, 2.05) is 0 Å². The van der Waals surface area contributed by atoms with Gasteiger partial charge in [-0.1, -0.05) is 20.3 Å². The molecule has 0 heterocycles. The van der Waals surface area contributed by atoms with Crippen LogP contribution in [0.5, 0.6) is 0 Å². The van der Waals surface area contributed by atoms with Crippen LogP contribution in [0.3, 0.4) is 0 Å². The molecule has 19 heavy (non-hydrogen) atoms. The van der Waals surface area contributed by atoms with Crippen molar-refractivity contribution in [3.05, 3.63) is 0 Å². The van der Waals surface area contributed by atoms with Crippen LogP contribution in [0, 0.1) is 5.92 Å². The third-order valence-corrected chi connectivity index (χ3v) is 2.44. The van der Waals surface area contributed by atoms with Gasteiger partial charge in [-0.25, -0.2) is 0 Å². The Labute approximate surface area is 104 Å². The van der Waals surface area contributed by atoms with E-state index in [9.17, 15) is 35.5 Å². The number of esters is 1. The van der Waals surface area contributed by atoms with Crippen molar-refractivity contribution in [1.82, 2.24) is 0 Å². The van der Waals surface area contributed by atoms with Crippen LogP contribution in [0.4, 0.5) is 30.7 Å². The topological polar surface area (TPSA) is 26.3 Å². The molecule has 0 fully saturated rings. The first-order chi connectivity index (χ1) is 8.35. The Balaban J connectivity index is 4.59. The van der Waals surface area contributed by atoms with Gasteiger partial charge < -0.3 is 4.74 Å². The predicted octanol–water partition coefficient (Wildman–Crippen LogP) is 3.80. The highest BCUT2D eigenvalue weighted by Crippen LogP contribution is 2.46. The molecule has 0 amide bonds. The molecule has 0 rings (SSSR count). The Bertz CT molecular complexity index is 311. The lowest BCUT2D eigenvalue weighted by atomic mass is 10.1. The first-order valence-electron chi connectivity index (χ1n) is 5.33. The summed E-state index contributed by atoms with van der Waals surface area (Å²) in [5.41, 5.74) is 0. The minimum Gasteiger partial charge on any atom is -0.459 e. The zero-order valence-corrected chi connectivity index (χ0v) is 10.2. The second-order valence-electron chi connectivity index (χ2n) is 4.15. The van der Waals surface area contributed by atoms with Gasteiger partial charge in [0.1, 0.15) is 0 Å². The maximum Gasteiger partial charge on any atom is 0.460 e. The molecule has 0 aliphatic carbocycles. The molecule has 2 nitrogen and oxygen atoms in total. The van der Waals surface area contributed by atoms with Gasteiger partial charge in [-0.15, -0.1) is 0 Å². The molecule has 0 radical (unpaired) electrons. The van der Waals surface area contributed by atoms with Crippen molar-refractivity contribution >= 4 is 5.97 Å². The molecule has 0 aromatic heterocycles. The summed E-state index contributed by atoms with van der Waals surface area (Å²) in [6.45, 7) is 0.947. The fourth-order valence-electron chi connectivity index (χ4n) is 0.957. The Hall–Kier alpha value is -1.02. The van der Waals surface area contributed by atoms with Crippen LogP contribution < -0.4 is 0 Å². The Kier molecular flexibility index (Phi) is 5.64. The Morgan fingerprint density at radius 1 is 1.11 bits per heavy atom. The predicted molar refractivity (Wildman–Crippen MR) is 51.0 cm³/mol. The molecule has 0 aromatic carbocycles. The van der Waals surface area contributed by atoms with Crippen molar-refractivity contribution in [2.24, 2.45) is 5.92 Å². The summed E-state index contributed by atoms with van der Waals surface area (Å²) in [4.78, 5) is 11.0. The van der Waals surface area contributed by atoms with Gasteiger partial charge in [0.05, 0.1) is 0 Å². The highest BCUT2D eigenvalue weighted by Gasteiger charge is 2.73. The SMILES string of the molecule is CCC(C)CC(=O)OCC(F)(F)C(F)(F)C(F)(F)F. The van der Waals surface area contributed by atoms with E-state index in [0.29, 0.717) is 6.42 Å². The number of halogens is 7. The second kappa shape index (κ2) is 5.96. The third-order valence-electron chi connectivity index (χ3n) is 2.44. The number of rotatable bonds is 6. The average Bonchev–Trinajstić information content (AvgIpc) is 2.24. The third kappa shape index (κ3) is 4.54. The van der Waals surface area contributed by atoms with E-state index >= 15 is 0 Å². The molecule has 0 aliphatic rings. The summed E-state index contributed by atoms with van der Waals surface area (Å²) in [5.74, 6) is -13.2. The lowest BCUT2D eigenvalue weighted by Crippen LogP contribution is -2.54. The van der Waals surface area contributed by atoms with E-state index in [2.05, 4.69) is 4.74 Å². The van der Waals surface area contributed by atoms with Crippen molar-refractivity contribution in [3.8, 4) is 0 Å². The molecular formula is C10H13F7O2. The molecule has 1 atom stereocenters. The van der Waals surface area contributed by atoms with E-state index < -0.39 is 30.6 Å². The van der Waals surface area contributed by atoms with Gasteiger partial charge in [0.25, 0.3) is 0 Å². The zero-order valence-electron chi connectivity index (χ0n) is 10.2. The molecule has 0 bridgehead atoms. The summed E-state index contributed by atoms with van der Waals surface area (Å²) < 4.78 is 89.3.